The van der Waals surface area contributed by atoms with Crippen LogP contribution in [0.1, 0.15) is 61.6 Å². The molecule has 2 aliphatic rings. The molecule has 1 saturated carbocycles. The Labute approximate surface area is 144 Å². The Morgan fingerprint density at radius 3 is 2.50 bits per heavy atom. The molecule has 4 nitrogen and oxygen atoms in total. The van der Waals surface area contributed by atoms with E-state index in [4.69, 9.17) is 0 Å². The first-order valence-corrected chi connectivity index (χ1v) is 9.37. The number of fused-ring (bicyclic) bond motifs is 1. The van der Waals surface area contributed by atoms with Gasteiger partial charge in [-0.3, -0.25) is 9.59 Å². The van der Waals surface area contributed by atoms with Gasteiger partial charge in [0.25, 0.3) is 0 Å². The zero-order chi connectivity index (χ0) is 16.8. The molecule has 0 spiro atoms. The summed E-state index contributed by atoms with van der Waals surface area (Å²) in [4.78, 5) is 23.9. The molecule has 0 bridgehead atoms. The van der Waals surface area contributed by atoms with E-state index in [1.165, 1.54) is 36.8 Å². The van der Waals surface area contributed by atoms with Crippen molar-refractivity contribution in [3.05, 3.63) is 34.9 Å². The molecule has 2 N–H and O–H groups in total. The highest BCUT2D eigenvalue weighted by atomic mass is 16.2. The van der Waals surface area contributed by atoms with Crippen LogP contribution in [0, 0.1) is 0 Å². The van der Waals surface area contributed by atoms with Crippen LogP contribution in [0.2, 0.25) is 0 Å². The number of benzene rings is 1. The molecule has 130 valence electrons. The molecule has 0 radical (unpaired) electrons. The fraction of sp³-hybridized carbons (Fsp3) is 0.600. The number of rotatable bonds is 6. The minimum Gasteiger partial charge on any atom is -0.355 e. The lowest BCUT2D eigenvalue weighted by molar-refractivity contribution is -0.122. The maximum absolute atomic E-state index is 12.1. The fourth-order valence-corrected chi connectivity index (χ4v) is 3.83. The summed E-state index contributed by atoms with van der Waals surface area (Å²) in [6.07, 6.45) is 10.2. The quantitative estimate of drug-likeness (QED) is 0.843. The number of hydrogen-bond acceptors (Lipinski definition) is 2. The van der Waals surface area contributed by atoms with Gasteiger partial charge in [0.1, 0.15) is 0 Å². The van der Waals surface area contributed by atoms with Crippen LogP contribution in [0.5, 0.6) is 0 Å². The van der Waals surface area contributed by atoms with Crippen LogP contribution in [-0.4, -0.2) is 24.4 Å². The van der Waals surface area contributed by atoms with Crippen LogP contribution in [0.15, 0.2) is 18.2 Å². The van der Waals surface area contributed by atoms with Gasteiger partial charge in [0.2, 0.25) is 11.8 Å². The summed E-state index contributed by atoms with van der Waals surface area (Å²) in [7, 11) is 0. The molecule has 2 aliphatic carbocycles. The summed E-state index contributed by atoms with van der Waals surface area (Å²) in [5.74, 6) is 0.0513. The van der Waals surface area contributed by atoms with Gasteiger partial charge in [0, 0.05) is 19.0 Å². The smallest absolute Gasteiger partial charge is 0.224 e. The van der Waals surface area contributed by atoms with E-state index in [0.717, 1.165) is 31.2 Å². The first-order valence-electron chi connectivity index (χ1n) is 9.37. The predicted molar refractivity (Wildman–Crippen MR) is 94.8 cm³/mol. The van der Waals surface area contributed by atoms with Crippen molar-refractivity contribution in [3.8, 4) is 0 Å². The van der Waals surface area contributed by atoms with Gasteiger partial charge in [-0.1, -0.05) is 31.0 Å². The number of carbonyl (C=O) groups excluding carboxylic acids is 2. The second kappa shape index (κ2) is 8.32. The highest BCUT2D eigenvalue weighted by Crippen LogP contribution is 2.22. The van der Waals surface area contributed by atoms with Gasteiger partial charge in [-0.15, -0.1) is 0 Å². The molecule has 0 heterocycles. The minimum atomic E-state index is -0.000532. The third-order valence-corrected chi connectivity index (χ3v) is 5.17. The second-order valence-electron chi connectivity index (χ2n) is 7.14. The molecule has 1 fully saturated rings. The molecular weight excluding hydrogens is 300 g/mol. The van der Waals surface area contributed by atoms with Crippen molar-refractivity contribution in [1.82, 2.24) is 10.6 Å². The van der Waals surface area contributed by atoms with E-state index in [-0.39, 0.29) is 11.8 Å². The van der Waals surface area contributed by atoms with Crippen LogP contribution in [-0.2, 0) is 28.9 Å². The number of amides is 2. The number of hydrogen-bond donors (Lipinski definition) is 2. The zero-order valence-corrected chi connectivity index (χ0v) is 14.4. The van der Waals surface area contributed by atoms with E-state index < -0.39 is 0 Å². The van der Waals surface area contributed by atoms with E-state index >= 15 is 0 Å². The van der Waals surface area contributed by atoms with Crippen molar-refractivity contribution in [3.63, 3.8) is 0 Å². The maximum Gasteiger partial charge on any atom is 0.224 e. The van der Waals surface area contributed by atoms with E-state index in [9.17, 15) is 9.59 Å². The van der Waals surface area contributed by atoms with Crippen LogP contribution in [0.4, 0.5) is 0 Å². The van der Waals surface area contributed by atoms with Crippen molar-refractivity contribution in [2.75, 3.05) is 6.54 Å². The summed E-state index contributed by atoms with van der Waals surface area (Å²) in [6, 6.07) is 6.77. The van der Waals surface area contributed by atoms with Gasteiger partial charge < -0.3 is 10.6 Å². The van der Waals surface area contributed by atoms with E-state index in [2.05, 4.69) is 28.8 Å². The monoisotopic (exact) mass is 328 g/mol. The van der Waals surface area contributed by atoms with Crippen molar-refractivity contribution < 1.29 is 9.59 Å². The highest BCUT2D eigenvalue weighted by Gasteiger charge is 2.17. The molecule has 1 aromatic carbocycles. The van der Waals surface area contributed by atoms with Crippen molar-refractivity contribution in [2.45, 2.75) is 70.3 Å². The Hall–Kier alpha value is -1.84. The van der Waals surface area contributed by atoms with Gasteiger partial charge in [0.15, 0.2) is 0 Å². The highest BCUT2D eigenvalue weighted by molar-refractivity contribution is 5.80. The van der Waals surface area contributed by atoms with Crippen LogP contribution < -0.4 is 10.6 Å². The summed E-state index contributed by atoms with van der Waals surface area (Å²) >= 11 is 0. The standard InChI is InChI=1S/C20H28N2O2/c23-19(22-18-7-3-4-8-18)11-12-21-20(24)14-15-9-10-16-5-1-2-6-17(16)13-15/h9-10,13,18H,1-8,11-12,14H2,(H,21,24)(H,22,23). The lowest BCUT2D eigenvalue weighted by Crippen LogP contribution is -2.35. The number of carbonyl (C=O) groups is 2. The molecule has 0 aromatic heterocycles. The van der Waals surface area contributed by atoms with Gasteiger partial charge >= 0.3 is 0 Å². The third kappa shape index (κ3) is 4.83. The lowest BCUT2D eigenvalue weighted by Gasteiger charge is -2.16. The Bertz CT molecular complexity index is 591. The fourth-order valence-electron chi connectivity index (χ4n) is 3.83. The average Bonchev–Trinajstić information content (AvgIpc) is 3.07. The van der Waals surface area contributed by atoms with Crippen molar-refractivity contribution in [2.24, 2.45) is 0 Å². The molecule has 0 aliphatic heterocycles. The second-order valence-corrected chi connectivity index (χ2v) is 7.14. The molecular formula is C20H28N2O2. The number of nitrogens with one attached hydrogen (secondary N) is 2. The largest absolute Gasteiger partial charge is 0.355 e. The molecule has 0 atom stereocenters. The molecule has 2 amide bonds. The lowest BCUT2D eigenvalue weighted by atomic mass is 9.90. The molecule has 4 heteroatoms. The summed E-state index contributed by atoms with van der Waals surface area (Å²) < 4.78 is 0. The first kappa shape index (κ1) is 17.0. The normalized spacial score (nSPS) is 17.3. The molecule has 24 heavy (non-hydrogen) atoms. The first-order chi connectivity index (χ1) is 11.7. The van der Waals surface area contributed by atoms with Crippen LogP contribution >= 0.6 is 0 Å². The maximum atomic E-state index is 12.1. The summed E-state index contributed by atoms with van der Waals surface area (Å²) in [5, 5.41) is 5.91. The SMILES string of the molecule is O=C(Cc1ccc2c(c1)CCCC2)NCCC(=O)NC1CCCC1. The van der Waals surface area contributed by atoms with Gasteiger partial charge in [-0.05, 0) is 55.2 Å². The van der Waals surface area contributed by atoms with E-state index in [1.807, 2.05) is 0 Å². The van der Waals surface area contributed by atoms with Crippen molar-refractivity contribution >= 4 is 11.8 Å². The molecule has 3 rings (SSSR count). The average molecular weight is 328 g/mol. The molecule has 1 aromatic rings. The van der Waals surface area contributed by atoms with Crippen molar-refractivity contribution in [1.29, 1.82) is 0 Å². The predicted octanol–water partition coefficient (Wildman–Crippen LogP) is 2.67. The summed E-state index contributed by atoms with van der Waals surface area (Å²) in [5.41, 5.74) is 3.92. The van der Waals surface area contributed by atoms with E-state index in [1.54, 1.807) is 0 Å². The van der Waals surface area contributed by atoms with Crippen LogP contribution in [0.25, 0.3) is 0 Å². The Kier molecular flexibility index (Phi) is 5.89. The topological polar surface area (TPSA) is 58.2 Å². The summed E-state index contributed by atoms with van der Waals surface area (Å²) in [6.45, 7) is 0.419. The Morgan fingerprint density at radius 1 is 0.958 bits per heavy atom. The zero-order valence-electron chi connectivity index (χ0n) is 14.4. The Morgan fingerprint density at radius 2 is 1.71 bits per heavy atom. The van der Waals surface area contributed by atoms with Gasteiger partial charge in [-0.2, -0.15) is 0 Å². The van der Waals surface area contributed by atoms with Crippen LogP contribution in [0.3, 0.4) is 0 Å². The van der Waals surface area contributed by atoms with Gasteiger partial charge in [-0.25, -0.2) is 0 Å². The molecule has 0 saturated heterocycles. The van der Waals surface area contributed by atoms with E-state index in [0.29, 0.717) is 25.4 Å². The Balaban J connectivity index is 1.38. The third-order valence-electron chi connectivity index (χ3n) is 5.17. The number of aryl methyl sites for hydroxylation is 2. The van der Waals surface area contributed by atoms with Gasteiger partial charge in [0.05, 0.1) is 6.42 Å². The minimum absolute atomic E-state index is 0.000532. The molecule has 0 unspecified atom stereocenters.